The van der Waals surface area contributed by atoms with Crippen LogP contribution in [0.25, 0.3) is 0 Å². The quantitative estimate of drug-likeness (QED) is 0.578. The van der Waals surface area contributed by atoms with Gasteiger partial charge in [0.1, 0.15) is 5.82 Å². The number of hydrogen-bond acceptors (Lipinski definition) is 2. The Labute approximate surface area is 101 Å². The van der Waals surface area contributed by atoms with Crippen molar-refractivity contribution in [3.63, 3.8) is 0 Å². The lowest BCUT2D eigenvalue weighted by Crippen LogP contribution is -2.17. The van der Waals surface area contributed by atoms with Crippen molar-refractivity contribution >= 4 is 11.8 Å². The highest BCUT2D eigenvalue weighted by Crippen LogP contribution is 2.20. The molecular weight excluding hydrogens is 221 g/mol. The number of benzene rings is 1. The monoisotopic (exact) mass is 239 g/mol. The topological polar surface area (TPSA) is 12.0 Å². The molecule has 1 aromatic rings. The van der Waals surface area contributed by atoms with Gasteiger partial charge in [-0.25, -0.2) is 4.39 Å². The van der Waals surface area contributed by atoms with Gasteiger partial charge in [-0.1, -0.05) is 6.07 Å². The summed E-state index contributed by atoms with van der Waals surface area (Å²) in [6.45, 7) is 1.13. The largest absolute Gasteiger partial charge is 0.314 e. The molecule has 88 valence electrons. The molecule has 0 atom stereocenters. The van der Waals surface area contributed by atoms with E-state index in [0.29, 0.717) is 0 Å². The SMILES string of the molecule is Fc1cccc(SCCCCNC2CC2)c1. The highest BCUT2D eigenvalue weighted by molar-refractivity contribution is 7.99. The number of rotatable bonds is 7. The fraction of sp³-hybridized carbons (Fsp3) is 0.538. The van der Waals surface area contributed by atoms with E-state index < -0.39 is 0 Å². The lowest BCUT2D eigenvalue weighted by atomic mass is 10.3. The molecule has 0 spiro atoms. The van der Waals surface area contributed by atoms with Gasteiger partial charge in [0.2, 0.25) is 0 Å². The summed E-state index contributed by atoms with van der Waals surface area (Å²) < 4.78 is 12.9. The van der Waals surface area contributed by atoms with Gasteiger partial charge in [-0.05, 0) is 56.2 Å². The molecule has 1 nitrogen and oxygen atoms in total. The molecule has 0 unspecified atom stereocenters. The first-order valence-electron chi connectivity index (χ1n) is 5.96. The van der Waals surface area contributed by atoms with Crippen molar-refractivity contribution in [3.8, 4) is 0 Å². The van der Waals surface area contributed by atoms with E-state index in [1.165, 1.54) is 31.7 Å². The molecule has 2 rings (SSSR count). The second kappa shape index (κ2) is 6.26. The highest BCUT2D eigenvalue weighted by Gasteiger charge is 2.19. The summed E-state index contributed by atoms with van der Waals surface area (Å²) in [5.74, 6) is 0.941. The lowest BCUT2D eigenvalue weighted by molar-refractivity contribution is 0.624. The van der Waals surface area contributed by atoms with E-state index in [1.807, 2.05) is 6.07 Å². The summed E-state index contributed by atoms with van der Waals surface area (Å²) in [7, 11) is 0. The van der Waals surface area contributed by atoms with Gasteiger partial charge in [-0.15, -0.1) is 11.8 Å². The van der Waals surface area contributed by atoms with Gasteiger partial charge in [0.15, 0.2) is 0 Å². The minimum Gasteiger partial charge on any atom is -0.314 e. The van der Waals surface area contributed by atoms with Crippen LogP contribution < -0.4 is 5.32 Å². The van der Waals surface area contributed by atoms with Crippen LogP contribution in [0.3, 0.4) is 0 Å². The summed E-state index contributed by atoms with van der Waals surface area (Å²) in [5, 5.41) is 3.50. The summed E-state index contributed by atoms with van der Waals surface area (Å²) in [5.41, 5.74) is 0. The minimum atomic E-state index is -0.139. The van der Waals surface area contributed by atoms with E-state index in [1.54, 1.807) is 23.9 Å². The average molecular weight is 239 g/mol. The highest BCUT2D eigenvalue weighted by atomic mass is 32.2. The third kappa shape index (κ3) is 4.54. The van der Waals surface area contributed by atoms with E-state index in [4.69, 9.17) is 0 Å². The van der Waals surface area contributed by atoms with Crippen molar-refractivity contribution < 1.29 is 4.39 Å². The van der Waals surface area contributed by atoms with Gasteiger partial charge in [0, 0.05) is 10.9 Å². The lowest BCUT2D eigenvalue weighted by Gasteiger charge is -2.03. The van der Waals surface area contributed by atoms with Crippen LogP contribution in [0.2, 0.25) is 0 Å². The van der Waals surface area contributed by atoms with Gasteiger partial charge < -0.3 is 5.32 Å². The third-order valence-electron chi connectivity index (χ3n) is 2.65. The number of nitrogens with one attached hydrogen (secondary N) is 1. The van der Waals surface area contributed by atoms with E-state index in [9.17, 15) is 4.39 Å². The molecule has 1 N–H and O–H groups in total. The average Bonchev–Trinajstić information content (AvgIpc) is 3.07. The minimum absolute atomic E-state index is 0.139. The molecule has 0 heterocycles. The first-order valence-corrected chi connectivity index (χ1v) is 6.95. The normalized spacial score (nSPS) is 15.3. The van der Waals surface area contributed by atoms with Crippen molar-refractivity contribution in [1.82, 2.24) is 5.32 Å². The molecule has 0 aliphatic heterocycles. The molecule has 1 aromatic carbocycles. The standard InChI is InChI=1S/C13H18FNS/c14-11-4-3-5-13(10-11)16-9-2-1-8-15-12-6-7-12/h3-5,10,12,15H,1-2,6-9H2. The van der Waals surface area contributed by atoms with E-state index in [-0.39, 0.29) is 5.82 Å². The molecule has 0 amide bonds. The molecular formula is C13H18FNS. The molecule has 3 heteroatoms. The molecule has 1 fully saturated rings. The fourth-order valence-electron chi connectivity index (χ4n) is 1.57. The molecule has 0 bridgehead atoms. The zero-order chi connectivity index (χ0) is 11.2. The molecule has 1 aliphatic rings. The zero-order valence-corrected chi connectivity index (χ0v) is 10.2. The van der Waals surface area contributed by atoms with E-state index in [0.717, 1.165) is 23.2 Å². The Bertz CT molecular complexity index is 325. The number of unbranched alkanes of at least 4 members (excludes halogenated alkanes) is 1. The summed E-state index contributed by atoms with van der Waals surface area (Å²) in [4.78, 5) is 1.04. The number of hydrogen-bond donors (Lipinski definition) is 1. The predicted octanol–water partition coefficient (Wildman–Crippen LogP) is 3.45. The maximum Gasteiger partial charge on any atom is 0.124 e. The van der Waals surface area contributed by atoms with Crippen LogP contribution >= 0.6 is 11.8 Å². The molecule has 1 aliphatic carbocycles. The summed E-state index contributed by atoms with van der Waals surface area (Å²) in [6, 6.07) is 7.65. The van der Waals surface area contributed by atoms with Crippen LogP contribution in [0.1, 0.15) is 25.7 Å². The van der Waals surface area contributed by atoms with Crippen LogP contribution in [0, 0.1) is 5.82 Å². The first kappa shape index (κ1) is 11.9. The Morgan fingerprint density at radius 1 is 1.31 bits per heavy atom. The Morgan fingerprint density at radius 3 is 2.94 bits per heavy atom. The van der Waals surface area contributed by atoms with E-state index >= 15 is 0 Å². The van der Waals surface area contributed by atoms with Crippen molar-refractivity contribution in [2.24, 2.45) is 0 Å². The molecule has 1 saturated carbocycles. The second-order valence-corrected chi connectivity index (χ2v) is 5.41. The van der Waals surface area contributed by atoms with Crippen LogP contribution in [0.15, 0.2) is 29.2 Å². The maximum atomic E-state index is 12.9. The van der Waals surface area contributed by atoms with Crippen molar-refractivity contribution in [3.05, 3.63) is 30.1 Å². The first-order chi connectivity index (χ1) is 7.84. The van der Waals surface area contributed by atoms with Gasteiger partial charge in [-0.3, -0.25) is 0 Å². The second-order valence-electron chi connectivity index (χ2n) is 4.24. The Morgan fingerprint density at radius 2 is 2.19 bits per heavy atom. The Balaban J connectivity index is 1.53. The smallest absolute Gasteiger partial charge is 0.124 e. The van der Waals surface area contributed by atoms with Crippen molar-refractivity contribution in [2.45, 2.75) is 36.6 Å². The van der Waals surface area contributed by atoms with Crippen molar-refractivity contribution in [1.29, 1.82) is 0 Å². The Kier molecular flexibility index (Phi) is 4.67. The molecule has 16 heavy (non-hydrogen) atoms. The van der Waals surface area contributed by atoms with Crippen LogP contribution in [-0.4, -0.2) is 18.3 Å². The molecule has 0 aromatic heterocycles. The predicted molar refractivity (Wildman–Crippen MR) is 67.4 cm³/mol. The van der Waals surface area contributed by atoms with Crippen LogP contribution in [0.4, 0.5) is 4.39 Å². The number of halogens is 1. The zero-order valence-electron chi connectivity index (χ0n) is 9.42. The van der Waals surface area contributed by atoms with Gasteiger partial charge in [0.25, 0.3) is 0 Å². The van der Waals surface area contributed by atoms with Crippen molar-refractivity contribution in [2.75, 3.05) is 12.3 Å². The van der Waals surface area contributed by atoms with Gasteiger partial charge in [-0.2, -0.15) is 0 Å². The van der Waals surface area contributed by atoms with Crippen LogP contribution in [-0.2, 0) is 0 Å². The summed E-state index contributed by atoms with van der Waals surface area (Å²) >= 11 is 1.74. The fourth-order valence-corrected chi connectivity index (χ4v) is 2.52. The molecule has 0 saturated heterocycles. The van der Waals surface area contributed by atoms with Gasteiger partial charge in [0.05, 0.1) is 0 Å². The van der Waals surface area contributed by atoms with Gasteiger partial charge >= 0.3 is 0 Å². The Hall–Kier alpha value is -0.540. The maximum absolute atomic E-state index is 12.9. The third-order valence-corrected chi connectivity index (χ3v) is 3.73. The van der Waals surface area contributed by atoms with E-state index in [2.05, 4.69) is 5.32 Å². The van der Waals surface area contributed by atoms with Crippen LogP contribution in [0.5, 0.6) is 0 Å². The molecule has 0 radical (unpaired) electrons. The number of thioether (sulfide) groups is 1. The summed E-state index contributed by atoms with van der Waals surface area (Å²) in [6.07, 6.45) is 5.13.